The van der Waals surface area contributed by atoms with E-state index in [0.717, 1.165) is 31.8 Å². The number of aliphatic hydroxyl groups is 1. The minimum atomic E-state index is -0.0721. The predicted octanol–water partition coefficient (Wildman–Crippen LogP) is 3.68. The highest BCUT2D eigenvalue weighted by Gasteiger charge is 2.33. The van der Waals surface area contributed by atoms with Crippen molar-refractivity contribution in [1.29, 1.82) is 0 Å². The molecule has 0 amide bonds. The van der Waals surface area contributed by atoms with Gasteiger partial charge in [0, 0.05) is 12.6 Å². The van der Waals surface area contributed by atoms with Gasteiger partial charge in [-0.15, -0.1) is 0 Å². The van der Waals surface area contributed by atoms with Gasteiger partial charge in [0.2, 0.25) is 0 Å². The van der Waals surface area contributed by atoms with E-state index in [1.54, 1.807) is 0 Å². The van der Waals surface area contributed by atoms with E-state index in [2.05, 4.69) is 39.5 Å². The van der Waals surface area contributed by atoms with Crippen LogP contribution in [0.5, 0.6) is 0 Å². The molecule has 1 N–H and O–H groups in total. The highest BCUT2D eigenvalue weighted by atomic mass is 16.3. The zero-order valence-electron chi connectivity index (χ0n) is 13.1. The summed E-state index contributed by atoms with van der Waals surface area (Å²) >= 11 is 0. The molecule has 0 saturated heterocycles. The third kappa shape index (κ3) is 4.89. The van der Waals surface area contributed by atoms with E-state index >= 15 is 0 Å². The largest absolute Gasteiger partial charge is 0.393 e. The average Bonchev–Trinajstić information content (AvgIpc) is 2.27. The average molecular weight is 255 g/mol. The lowest BCUT2D eigenvalue weighted by molar-refractivity contribution is 0.0128. The van der Waals surface area contributed by atoms with Crippen LogP contribution < -0.4 is 0 Å². The molecule has 18 heavy (non-hydrogen) atoms. The standard InChI is InChI=1S/C16H33NO/c1-6-8-13-9-10-14(18)11-15(13)17(7-2)12-16(3,4)5/h13-15,18H,6-12H2,1-5H3. The van der Waals surface area contributed by atoms with E-state index in [0.29, 0.717) is 11.5 Å². The van der Waals surface area contributed by atoms with Crippen LogP contribution >= 0.6 is 0 Å². The number of nitrogens with zero attached hydrogens (tertiary/aromatic N) is 1. The van der Waals surface area contributed by atoms with Gasteiger partial charge in [-0.1, -0.05) is 41.0 Å². The van der Waals surface area contributed by atoms with Crippen LogP contribution in [0.2, 0.25) is 0 Å². The molecule has 3 unspecified atom stereocenters. The Hall–Kier alpha value is -0.0800. The summed E-state index contributed by atoms with van der Waals surface area (Å²) in [6.07, 6.45) is 5.71. The smallest absolute Gasteiger partial charge is 0.0555 e. The Kier molecular flexibility index (Phi) is 6.13. The van der Waals surface area contributed by atoms with E-state index in [4.69, 9.17) is 0 Å². The summed E-state index contributed by atoms with van der Waals surface area (Å²) in [6.45, 7) is 13.7. The zero-order valence-corrected chi connectivity index (χ0v) is 13.1. The first-order valence-corrected chi connectivity index (χ1v) is 7.79. The number of hydrogen-bond donors (Lipinski definition) is 1. The van der Waals surface area contributed by atoms with Gasteiger partial charge < -0.3 is 5.11 Å². The van der Waals surface area contributed by atoms with Gasteiger partial charge in [-0.3, -0.25) is 4.90 Å². The SMILES string of the molecule is CCCC1CCC(O)CC1N(CC)CC(C)(C)C. The van der Waals surface area contributed by atoms with Crippen molar-refractivity contribution in [2.45, 2.75) is 78.9 Å². The second kappa shape index (κ2) is 6.91. The summed E-state index contributed by atoms with van der Waals surface area (Å²) < 4.78 is 0. The van der Waals surface area contributed by atoms with Crippen molar-refractivity contribution in [2.75, 3.05) is 13.1 Å². The maximum absolute atomic E-state index is 9.98. The molecule has 0 heterocycles. The molecule has 2 heteroatoms. The van der Waals surface area contributed by atoms with Crippen LogP contribution in [-0.4, -0.2) is 35.2 Å². The van der Waals surface area contributed by atoms with Crippen molar-refractivity contribution in [2.24, 2.45) is 11.3 Å². The van der Waals surface area contributed by atoms with Crippen molar-refractivity contribution in [3.8, 4) is 0 Å². The minimum absolute atomic E-state index is 0.0721. The van der Waals surface area contributed by atoms with Gasteiger partial charge in [0.15, 0.2) is 0 Å². The molecule has 0 aromatic rings. The Bertz CT molecular complexity index is 234. The highest BCUT2D eigenvalue weighted by molar-refractivity contribution is 4.88. The van der Waals surface area contributed by atoms with Crippen molar-refractivity contribution in [3.05, 3.63) is 0 Å². The first-order valence-electron chi connectivity index (χ1n) is 7.79. The Labute approximate surface area is 114 Å². The topological polar surface area (TPSA) is 23.5 Å². The van der Waals surface area contributed by atoms with Crippen molar-refractivity contribution in [1.82, 2.24) is 4.90 Å². The summed E-state index contributed by atoms with van der Waals surface area (Å²) in [7, 11) is 0. The molecule has 2 nitrogen and oxygen atoms in total. The van der Waals surface area contributed by atoms with Gasteiger partial charge in [0.1, 0.15) is 0 Å². The second-order valence-electron chi connectivity index (χ2n) is 7.21. The van der Waals surface area contributed by atoms with Gasteiger partial charge in [0.05, 0.1) is 6.10 Å². The van der Waals surface area contributed by atoms with E-state index in [-0.39, 0.29) is 6.10 Å². The molecule has 1 aliphatic rings. The Balaban J connectivity index is 2.71. The fourth-order valence-electron chi connectivity index (χ4n) is 3.42. The molecule has 0 aromatic carbocycles. The lowest BCUT2D eigenvalue weighted by Gasteiger charge is -2.43. The first kappa shape index (κ1) is 16.0. The zero-order chi connectivity index (χ0) is 13.8. The van der Waals surface area contributed by atoms with Gasteiger partial charge >= 0.3 is 0 Å². The molecule has 3 atom stereocenters. The van der Waals surface area contributed by atoms with E-state index < -0.39 is 0 Å². The summed E-state index contributed by atoms with van der Waals surface area (Å²) in [5.74, 6) is 0.792. The van der Waals surface area contributed by atoms with Crippen LogP contribution in [0.3, 0.4) is 0 Å². The Morgan fingerprint density at radius 2 is 1.83 bits per heavy atom. The number of hydrogen-bond acceptors (Lipinski definition) is 2. The van der Waals surface area contributed by atoms with Crippen molar-refractivity contribution < 1.29 is 5.11 Å². The molecule has 0 aromatic heterocycles. The van der Waals surface area contributed by atoms with Crippen molar-refractivity contribution in [3.63, 3.8) is 0 Å². The fraction of sp³-hybridized carbons (Fsp3) is 1.00. The van der Waals surface area contributed by atoms with Crippen LogP contribution in [0.4, 0.5) is 0 Å². The highest BCUT2D eigenvalue weighted by Crippen LogP contribution is 2.33. The summed E-state index contributed by atoms with van der Waals surface area (Å²) in [4.78, 5) is 2.61. The number of rotatable bonds is 5. The monoisotopic (exact) mass is 255 g/mol. The maximum atomic E-state index is 9.98. The van der Waals surface area contributed by atoms with Gasteiger partial charge in [-0.05, 0) is 43.6 Å². The lowest BCUT2D eigenvalue weighted by atomic mass is 9.79. The van der Waals surface area contributed by atoms with E-state index in [1.165, 1.54) is 19.3 Å². The molecule has 1 rings (SSSR count). The summed E-state index contributed by atoms with van der Waals surface area (Å²) in [5.41, 5.74) is 0.342. The molecule has 1 fully saturated rings. The van der Waals surface area contributed by atoms with Gasteiger partial charge in [-0.25, -0.2) is 0 Å². The normalized spacial score (nSPS) is 29.8. The molecule has 0 radical (unpaired) electrons. The van der Waals surface area contributed by atoms with Crippen molar-refractivity contribution >= 4 is 0 Å². The summed E-state index contributed by atoms with van der Waals surface area (Å²) in [6, 6.07) is 0.595. The van der Waals surface area contributed by atoms with Crippen LogP contribution in [-0.2, 0) is 0 Å². The van der Waals surface area contributed by atoms with Gasteiger partial charge in [-0.2, -0.15) is 0 Å². The number of aliphatic hydroxyl groups excluding tert-OH is 1. The second-order valence-corrected chi connectivity index (χ2v) is 7.21. The molecule has 108 valence electrons. The third-order valence-corrected chi connectivity index (χ3v) is 4.14. The maximum Gasteiger partial charge on any atom is 0.0555 e. The first-order chi connectivity index (χ1) is 8.37. The molecular weight excluding hydrogens is 222 g/mol. The van der Waals surface area contributed by atoms with Gasteiger partial charge in [0.25, 0.3) is 0 Å². The fourth-order valence-corrected chi connectivity index (χ4v) is 3.42. The Morgan fingerprint density at radius 1 is 1.17 bits per heavy atom. The third-order valence-electron chi connectivity index (χ3n) is 4.14. The Morgan fingerprint density at radius 3 is 2.33 bits per heavy atom. The predicted molar refractivity (Wildman–Crippen MR) is 78.7 cm³/mol. The van der Waals surface area contributed by atoms with Crippen LogP contribution in [0.15, 0.2) is 0 Å². The van der Waals surface area contributed by atoms with Crippen LogP contribution in [0, 0.1) is 11.3 Å². The van der Waals surface area contributed by atoms with Crippen LogP contribution in [0.25, 0.3) is 0 Å². The van der Waals surface area contributed by atoms with Crippen LogP contribution in [0.1, 0.15) is 66.7 Å². The molecule has 0 aliphatic heterocycles. The van der Waals surface area contributed by atoms with E-state index in [1.807, 2.05) is 0 Å². The molecular formula is C16H33NO. The summed E-state index contributed by atoms with van der Waals surface area (Å²) in [5, 5.41) is 9.98. The molecule has 0 spiro atoms. The molecule has 1 aliphatic carbocycles. The molecule has 0 bridgehead atoms. The molecule has 1 saturated carbocycles. The van der Waals surface area contributed by atoms with E-state index in [9.17, 15) is 5.11 Å². The quantitative estimate of drug-likeness (QED) is 0.810. The minimum Gasteiger partial charge on any atom is -0.393 e. The lowest BCUT2D eigenvalue weighted by Crippen LogP contribution is -2.48.